The highest BCUT2D eigenvalue weighted by molar-refractivity contribution is 9.10. The van der Waals surface area contributed by atoms with E-state index in [0.29, 0.717) is 22.3 Å². The number of hydrogen-bond donors (Lipinski definition) is 1. The van der Waals surface area contributed by atoms with Crippen molar-refractivity contribution < 1.29 is 9.21 Å². The van der Waals surface area contributed by atoms with E-state index in [1.807, 2.05) is 30.3 Å². The lowest BCUT2D eigenvalue weighted by molar-refractivity contribution is 0.111. The second kappa shape index (κ2) is 3.85. The number of carbonyl (C=O) groups excluding carboxylic acids is 1. The number of halogens is 1. The highest BCUT2D eigenvalue weighted by Gasteiger charge is 2.14. The molecule has 84 valence electrons. The highest BCUT2D eigenvalue weighted by atomic mass is 79.9. The molecule has 4 nitrogen and oxygen atoms in total. The van der Waals surface area contributed by atoms with Gasteiger partial charge >= 0.3 is 0 Å². The molecule has 5 heteroatoms. The van der Waals surface area contributed by atoms with Gasteiger partial charge in [-0.3, -0.25) is 4.79 Å². The van der Waals surface area contributed by atoms with E-state index in [1.165, 1.54) is 0 Å². The third-order valence-corrected chi connectivity index (χ3v) is 3.02. The molecule has 2 heterocycles. The van der Waals surface area contributed by atoms with Crippen LogP contribution in [0.15, 0.2) is 39.4 Å². The molecule has 0 aliphatic carbocycles. The van der Waals surface area contributed by atoms with Gasteiger partial charge in [-0.05, 0) is 28.1 Å². The molecule has 0 atom stereocenters. The van der Waals surface area contributed by atoms with Crippen LogP contribution < -0.4 is 0 Å². The van der Waals surface area contributed by atoms with Crippen molar-refractivity contribution in [1.82, 2.24) is 9.97 Å². The minimum Gasteiger partial charge on any atom is -0.454 e. The number of nitrogens with zero attached hydrogens (tertiary/aromatic N) is 1. The van der Waals surface area contributed by atoms with Gasteiger partial charge in [-0.25, -0.2) is 4.98 Å². The molecule has 0 unspecified atom stereocenters. The summed E-state index contributed by atoms with van der Waals surface area (Å²) in [6.07, 6.45) is 0.664. The molecule has 0 fully saturated rings. The summed E-state index contributed by atoms with van der Waals surface area (Å²) in [7, 11) is 0. The second-order valence-electron chi connectivity index (χ2n) is 3.55. The molecule has 3 rings (SSSR count). The van der Waals surface area contributed by atoms with E-state index in [0.717, 1.165) is 11.0 Å². The van der Waals surface area contributed by atoms with E-state index >= 15 is 0 Å². The van der Waals surface area contributed by atoms with Gasteiger partial charge in [0, 0.05) is 5.39 Å². The number of hydrogen-bond acceptors (Lipinski definition) is 3. The van der Waals surface area contributed by atoms with Gasteiger partial charge in [0.25, 0.3) is 0 Å². The number of aldehydes is 1. The molecule has 0 aliphatic rings. The van der Waals surface area contributed by atoms with Gasteiger partial charge in [0.05, 0.1) is 0 Å². The topological polar surface area (TPSA) is 58.9 Å². The Morgan fingerprint density at radius 3 is 2.88 bits per heavy atom. The summed E-state index contributed by atoms with van der Waals surface area (Å²) in [5.41, 5.74) is 1.40. The van der Waals surface area contributed by atoms with Crippen LogP contribution in [0.4, 0.5) is 0 Å². The molecule has 0 saturated carbocycles. The third-order valence-electron chi connectivity index (χ3n) is 2.45. The monoisotopic (exact) mass is 290 g/mol. The molecular weight excluding hydrogens is 284 g/mol. The summed E-state index contributed by atoms with van der Waals surface area (Å²) >= 11 is 3.31. The van der Waals surface area contributed by atoms with Crippen LogP contribution in [0, 0.1) is 0 Å². The quantitative estimate of drug-likeness (QED) is 0.736. The molecule has 1 N–H and O–H groups in total. The van der Waals surface area contributed by atoms with Crippen molar-refractivity contribution >= 4 is 33.2 Å². The van der Waals surface area contributed by atoms with Gasteiger partial charge < -0.3 is 9.40 Å². The van der Waals surface area contributed by atoms with Crippen LogP contribution in [0.3, 0.4) is 0 Å². The maximum atomic E-state index is 10.6. The van der Waals surface area contributed by atoms with Crippen LogP contribution in [-0.2, 0) is 0 Å². The molecule has 0 amide bonds. The first-order valence-electron chi connectivity index (χ1n) is 4.97. The van der Waals surface area contributed by atoms with E-state index in [-0.39, 0.29) is 5.82 Å². The summed E-state index contributed by atoms with van der Waals surface area (Å²) in [6.45, 7) is 0. The minimum absolute atomic E-state index is 0.271. The first-order chi connectivity index (χ1) is 8.28. The van der Waals surface area contributed by atoms with Gasteiger partial charge in [-0.1, -0.05) is 18.2 Å². The lowest BCUT2D eigenvalue weighted by Gasteiger charge is -1.89. The van der Waals surface area contributed by atoms with Crippen molar-refractivity contribution in [2.45, 2.75) is 0 Å². The lowest BCUT2D eigenvalue weighted by atomic mass is 10.2. The number of furan rings is 1. The Labute approximate surface area is 105 Å². The zero-order valence-electron chi connectivity index (χ0n) is 8.61. The standard InChI is InChI=1S/C12H7BrN2O2/c13-12-11(14-10(6-16)15-12)9-5-7-3-1-2-4-8(7)17-9/h1-6H,(H,14,15). The number of fused-ring (bicyclic) bond motifs is 1. The Morgan fingerprint density at radius 2 is 2.18 bits per heavy atom. The number of carbonyl (C=O) groups is 1. The summed E-state index contributed by atoms with van der Waals surface area (Å²) < 4.78 is 6.30. The van der Waals surface area contributed by atoms with Gasteiger partial charge in [0.15, 0.2) is 17.9 Å². The predicted octanol–water partition coefficient (Wildman–Crippen LogP) is 3.40. The maximum absolute atomic E-state index is 10.6. The first-order valence-corrected chi connectivity index (χ1v) is 5.77. The van der Waals surface area contributed by atoms with Gasteiger partial charge in [-0.15, -0.1) is 0 Å². The second-order valence-corrected chi connectivity index (χ2v) is 4.34. The summed E-state index contributed by atoms with van der Waals surface area (Å²) in [5, 5.41) is 1.00. The molecule has 1 aromatic carbocycles. The molecule has 3 aromatic rings. The third kappa shape index (κ3) is 1.68. The Morgan fingerprint density at radius 1 is 1.35 bits per heavy atom. The average Bonchev–Trinajstić information content (AvgIpc) is 2.91. The van der Waals surface area contributed by atoms with E-state index < -0.39 is 0 Å². The SMILES string of the molecule is O=Cc1nc(-c2cc3ccccc3o2)c(Br)[nH]1. The van der Waals surface area contributed by atoms with Crippen LogP contribution in [0.1, 0.15) is 10.6 Å². The number of rotatable bonds is 2. The van der Waals surface area contributed by atoms with Gasteiger partial charge in [0.1, 0.15) is 15.9 Å². The number of aromatic amines is 1. The Balaban J connectivity index is 2.19. The predicted molar refractivity (Wildman–Crippen MR) is 66.9 cm³/mol. The number of imidazole rings is 1. The van der Waals surface area contributed by atoms with Gasteiger partial charge in [0.2, 0.25) is 0 Å². The Kier molecular flexibility index (Phi) is 2.33. The molecule has 0 saturated heterocycles. The van der Waals surface area contributed by atoms with Crippen molar-refractivity contribution in [3.05, 3.63) is 40.8 Å². The number of aromatic nitrogens is 2. The van der Waals surface area contributed by atoms with Crippen molar-refractivity contribution in [2.24, 2.45) is 0 Å². The molecule has 17 heavy (non-hydrogen) atoms. The van der Waals surface area contributed by atoms with Gasteiger partial charge in [-0.2, -0.15) is 0 Å². The molecule has 2 aromatic heterocycles. The van der Waals surface area contributed by atoms with Crippen molar-refractivity contribution in [2.75, 3.05) is 0 Å². The normalized spacial score (nSPS) is 10.9. The van der Waals surface area contributed by atoms with Crippen LogP contribution in [0.25, 0.3) is 22.4 Å². The fourth-order valence-electron chi connectivity index (χ4n) is 1.69. The highest BCUT2D eigenvalue weighted by Crippen LogP contribution is 2.30. The molecule has 0 aliphatic heterocycles. The zero-order valence-corrected chi connectivity index (χ0v) is 10.2. The summed E-state index contributed by atoms with van der Waals surface area (Å²) in [5.74, 6) is 0.898. The average molecular weight is 291 g/mol. The molecule has 0 radical (unpaired) electrons. The molecular formula is C12H7BrN2O2. The van der Waals surface area contributed by atoms with E-state index in [2.05, 4.69) is 25.9 Å². The van der Waals surface area contributed by atoms with Crippen molar-refractivity contribution in [1.29, 1.82) is 0 Å². The Hall–Kier alpha value is -1.88. The number of benzene rings is 1. The van der Waals surface area contributed by atoms with Crippen LogP contribution in [0.2, 0.25) is 0 Å². The van der Waals surface area contributed by atoms with E-state index in [4.69, 9.17) is 4.42 Å². The van der Waals surface area contributed by atoms with Crippen LogP contribution in [0.5, 0.6) is 0 Å². The van der Waals surface area contributed by atoms with E-state index in [9.17, 15) is 4.79 Å². The number of para-hydroxylation sites is 1. The minimum atomic E-state index is 0.271. The van der Waals surface area contributed by atoms with Crippen LogP contribution in [-0.4, -0.2) is 16.3 Å². The van der Waals surface area contributed by atoms with Crippen molar-refractivity contribution in [3.63, 3.8) is 0 Å². The zero-order chi connectivity index (χ0) is 11.8. The summed E-state index contributed by atoms with van der Waals surface area (Å²) in [6, 6.07) is 9.60. The lowest BCUT2D eigenvalue weighted by Crippen LogP contribution is -1.80. The maximum Gasteiger partial charge on any atom is 0.185 e. The van der Waals surface area contributed by atoms with Crippen LogP contribution >= 0.6 is 15.9 Å². The number of nitrogens with one attached hydrogen (secondary N) is 1. The molecule has 0 spiro atoms. The largest absolute Gasteiger partial charge is 0.454 e. The van der Waals surface area contributed by atoms with Crippen molar-refractivity contribution in [3.8, 4) is 11.5 Å². The first kappa shape index (κ1) is 10.3. The number of H-pyrrole nitrogens is 1. The fraction of sp³-hybridized carbons (Fsp3) is 0. The fourth-order valence-corrected chi connectivity index (χ4v) is 2.17. The summed E-state index contributed by atoms with van der Waals surface area (Å²) in [4.78, 5) is 17.6. The Bertz CT molecular complexity index is 666. The molecule has 0 bridgehead atoms. The van der Waals surface area contributed by atoms with E-state index in [1.54, 1.807) is 0 Å². The smallest absolute Gasteiger partial charge is 0.185 e.